The summed E-state index contributed by atoms with van der Waals surface area (Å²) in [4.78, 5) is 42.5. The third kappa shape index (κ3) is 5.71. The molecule has 8 nitrogen and oxygen atoms in total. The van der Waals surface area contributed by atoms with Crippen molar-refractivity contribution in [1.82, 2.24) is 9.80 Å². The number of hydrogen-bond acceptors (Lipinski definition) is 6. The van der Waals surface area contributed by atoms with Crippen LogP contribution in [-0.2, 0) is 31.9 Å². The van der Waals surface area contributed by atoms with Gasteiger partial charge in [-0.05, 0) is 74.1 Å². The van der Waals surface area contributed by atoms with E-state index in [1.165, 1.54) is 25.3 Å². The summed E-state index contributed by atoms with van der Waals surface area (Å²) in [5, 5.41) is 0. The summed E-state index contributed by atoms with van der Waals surface area (Å²) in [7, 11) is 2.86. The highest BCUT2D eigenvalue weighted by Crippen LogP contribution is 2.33. The van der Waals surface area contributed by atoms with Gasteiger partial charge in [-0.3, -0.25) is 19.4 Å². The van der Waals surface area contributed by atoms with Crippen LogP contribution in [0.4, 0.5) is 10.5 Å². The molecule has 2 aliphatic heterocycles. The third-order valence-electron chi connectivity index (χ3n) is 7.76. The van der Waals surface area contributed by atoms with Crippen molar-refractivity contribution in [3.8, 4) is 0 Å². The number of urea groups is 1. The lowest BCUT2D eigenvalue weighted by Crippen LogP contribution is -2.41. The number of nitrogens with zero attached hydrogens (tertiary/aromatic N) is 3. The van der Waals surface area contributed by atoms with Crippen molar-refractivity contribution in [3.63, 3.8) is 0 Å². The van der Waals surface area contributed by atoms with E-state index in [1.807, 2.05) is 4.90 Å². The number of benzene rings is 1. The Labute approximate surface area is 202 Å². The van der Waals surface area contributed by atoms with Gasteiger partial charge in [0.1, 0.15) is 0 Å². The maximum absolute atomic E-state index is 13.3. The van der Waals surface area contributed by atoms with E-state index in [4.69, 9.17) is 9.47 Å². The zero-order valence-electron chi connectivity index (χ0n) is 20.5. The van der Waals surface area contributed by atoms with Crippen LogP contribution in [0.5, 0.6) is 0 Å². The van der Waals surface area contributed by atoms with E-state index < -0.39 is 0 Å². The van der Waals surface area contributed by atoms with Crippen molar-refractivity contribution in [2.75, 3.05) is 51.8 Å². The summed E-state index contributed by atoms with van der Waals surface area (Å²) in [6.07, 6.45) is 7.26. The maximum atomic E-state index is 13.3. The van der Waals surface area contributed by atoms with E-state index in [-0.39, 0.29) is 18.0 Å². The average molecular weight is 472 g/mol. The van der Waals surface area contributed by atoms with Gasteiger partial charge in [0.15, 0.2) is 0 Å². The number of amides is 2. The van der Waals surface area contributed by atoms with Gasteiger partial charge < -0.3 is 14.4 Å². The fourth-order valence-electron chi connectivity index (χ4n) is 5.63. The number of anilines is 1. The minimum absolute atomic E-state index is 0.110. The van der Waals surface area contributed by atoms with Gasteiger partial charge in [-0.15, -0.1) is 0 Å². The second-order valence-corrected chi connectivity index (χ2v) is 9.72. The highest BCUT2D eigenvalue weighted by Gasteiger charge is 2.36. The number of rotatable bonds is 7. The number of esters is 2. The minimum Gasteiger partial charge on any atom is -0.469 e. The van der Waals surface area contributed by atoms with Crippen molar-refractivity contribution < 1.29 is 23.9 Å². The fraction of sp³-hybridized carbons (Fsp3) is 0.654. The number of carbonyl (C=O) groups excluding carboxylic acids is 3. The molecular formula is C26H37N3O5. The third-order valence-corrected chi connectivity index (χ3v) is 7.76. The average Bonchev–Trinajstić information content (AvgIpc) is 3.13. The second kappa shape index (κ2) is 11.2. The standard InChI is InChI=1S/C26H37N3O5/c1-33-24(30)10-5-19-3-7-22(8-4-19)28-15-16-29(26(28)32)23-9-6-20-11-13-27(18-25(31)34-2)14-12-21(20)17-23/h6,9,17,19,22H,3-5,7-8,10-16,18H2,1-2H3/t19-,22-. The predicted octanol–water partition coefficient (Wildman–Crippen LogP) is 3.01. The summed E-state index contributed by atoms with van der Waals surface area (Å²) in [6.45, 7) is 3.45. The van der Waals surface area contributed by atoms with Crippen molar-refractivity contribution in [2.24, 2.45) is 5.92 Å². The van der Waals surface area contributed by atoms with Gasteiger partial charge in [0.25, 0.3) is 0 Å². The van der Waals surface area contributed by atoms with Gasteiger partial charge >= 0.3 is 18.0 Å². The molecule has 4 rings (SSSR count). The van der Waals surface area contributed by atoms with Gasteiger partial charge in [0.2, 0.25) is 0 Å². The Bertz CT molecular complexity index is 896. The first-order chi connectivity index (χ1) is 16.5. The fourth-order valence-corrected chi connectivity index (χ4v) is 5.63. The van der Waals surface area contributed by atoms with Gasteiger partial charge in [-0.2, -0.15) is 0 Å². The number of ether oxygens (including phenoxy) is 2. The van der Waals surface area contributed by atoms with E-state index in [0.717, 1.165) is 70.3 Å². The number of hydrogen-bond donors (Lipinski definition) is 0. The largest absolute Gasteiger partial charge is 0.469 e. The molecule has 0 N–H and O–H groups in total. The maximum Gasteiger partial charge on any atom is 0.324 e. The van der Waals surface area contributed by atoms with Crippen LogP contribution in [-0.4, -0.2) is 80.8 Å². The molecule has 0 spiro atoms. The van der Waals surface area contributed by atoms with Crippen molar-refractivity contribution in [1.29, 1.82) is 0 Å². The Morgan fingerprint density at radius 2 is 1.62 bits per heavy atom. The molecule has 0 atom stereocenters. The van der Waals surface area contributed by atoms with Gasteiger partial charge in [-0.25, -0.2) is 4.79 Å². The van der Waals surface area contributed by atoms with Crippen LogP contribution in [0.1, 0.15) is 49.7 Å². The molecule has 8 heteroatoms. The first-order valence-electron chi connectivity index (χ1n) is 12.5. The molecule has 2 amide bonds. The molecule has 186 valence electrons. The van der Waals surface area contributed by atoms with Crippen molar-refractivity contribution >= 4 is 23.7 Å². The molecule has 0 bridgehead atoms. The first kappa shape index (κ1) is 24.5. The first-order valence-corrected chi connectivity index (χ1v) is 12.5. The molecular weight excluding hydrogens is 434 g/mol. The van der Waals surface area contributed by atoms with Crippen LogP contribution < -0.4 is 4.90 Å². The minimum atomic E-state index is -0.202. The zero-order valence-corrected chi connectivity index (χ0v) is 20.5. The Balaban J connectivity index is 1.32. The lowest BCUT2D eigenvalue weighted by Gasteiger charge is -2.34. The second-order valence-electron chi connectivity index (χ2n) is 9.72. The molecule has 0 aromatic heterocycles. The summed E-state index contributed by atoms with van der Waals surface area (Å²) in [6, 6.07) is 6.79. The smallest absolute Gasteiger partial charge is 0.324 e. The van der Waals surface area contributed by atoms with Gasteiger partial charge in [0.05, 0.1) is 20.8 Å². The summed E-state index contributed by atoms with van der Waals surface area (Å²) in [5.41, 5.74) is 3.53. The van der Waals surface area contributed by atoms with E-state index in [2.05, 4.69) is 28.0 Å². The lowest BCUT2D eigenvalue weighted by molar-refractivity contribution is -0.142. The molecule has 2 fully saturated rings. The molecule has 0 unspecified atom stereocenters. The van der Waals surface area contributed by atoms with Crippen LogP contribution in [0.2, 0.25) is 0 Å². The summed E-state index contributed by atoms with van der Waals surface area (Å²) in [5.74, 6) is 0.212. The normalized spacial score (nSPS) is 23.4. The Hall–Kier alpha value is -2.61. The van der Waals surface area contributed by atoms with E-state index >= 15 is 0 Å². The lowest BCUT2D eigenvalue weighted by atomic mass is 9.83. The summed E-state index contributed by atoms with van der Waals surface area (Å²) < 4.78 is 9.57. The molecule has 2 heterocycles. The molecule has 3 aliphatic rings. The molecule has 1 aromatic rings. The highest BCUT2D eigenvalue weighted by molar-refractivity contribution is 5.94. The number of fused-ring (bicyclic) bond motifs is 1. The molecule has 1 aliphatic carbocycles. The molecule has 0 radical (unpaired) electrons. The Kier molecular flexibility index (Phi) is 8.08. The van der Waals surface area contributed by atoms with Crippen LogP contribution in [0.3, 0.4) is 0 Å². The Morgan fingerprint density at radius 1 is 0.912 bits per heavy atom. The summed E-state index contributed by atoms with van der Waals surface area (Å²) >= 11 is 0. The van der Waals surface area contributed by atoms with Gasteiger partial charge in [-0.1, -0.05) is 6.07 Å². The SMILES string of the molecule is COC(=O)CC[C@H]1CC[C@H](N2CCN(c3ccc4c(c3)CCN(CC(=O)OC)CC4)C2=O)CC1. The Morgan fingerprint density at radius 3 is 2.32 bits per heavy atom. The zero-order chi connectivity index (χ0) is 24.1. The molecule has 34 heavy (non-hydrogen) atoms. The van der Waals surface area contributed by atoms with Crippen LogP contribution in [0.25, 0.3) is 0 Å². The highest BCUT2D eigenvalue weighted by atomic mass is 16.5. The monoisotopic (exact) mass is 471 g/mol. The van der Waals surface area contributed by atoms with Crippen molar-refractivity contribution in [3.05, 3.63) is 29.3 Å². The molecule has 1 saturated carbocycles. The molecule has 1 aromatic carbocycles. The van der Waals surface area contributed by atoms with Gasteiger partial charge in [0, 0.05) is 44.3 Å². The van der Waals surface area contributed by atoms with E-state index in [0.29, 0.717) is 31.5 Å². The number of methoxy groups -OCH3 is 2. The van der Waals surface area contributed by atoms with E-state index in [9.17, 15) is 14.4 Å². The predicted molar refractivity (Wildman–Crippen MR) is 129 cm³/mol. The molecule has 1 saturated heterocycles. The van der Waals surface area contributed by atoms with Crippen molar-refractivity contribution in [2.45, 2.75) is 57.4 Å². The quantitative estimate of drug-likeness (QED) is 0.569. The van der Waals surface area contributed by atoms with E-state index in [1.54, 1.807) is 0 Å². The topological polar surface area (TPSA) is 79.4 Å². The van der Waals surface area contributed by atoms with Crippen LogP contribution in [0.15, 0.2) is 18.2 Å². The number of carbonyl (C=O) groups is 3. The van der Waals surface area contributed by atoms with Crippen LogP contribution >= 0.6 is 0 Å². The van der Waals surface area contributed by atoms with Crippen LogP contribution in [0, 0.1) is 5.92 Å².